The Hall–Kier alpha value is -2.17. The molecule has 0 radical (unpaired) electrons. The van der Waals surface area contributed by atoms with Crippen LogP contribution in [0.3, 0.4) is 0 Å². The van der Waals surface area contributed by atoms with E-state index in [1.807, 2.05) is 26.8 Å². The van der Waals surface area contributed by atoms with Crippen molar-refractivity contribution in [3.05, 3.63) is 41.2 Å². The average molecular weight is 261 g/mol. The van der Waals surface area contributed by atoms with Gasteiger partial charge >= 0.3 is 0 Å². The molecule has 1 aromatic rings. The highest BCUT2D eigenvalue weighted by atomic mass is 16.2. The van der Waals surface area contributed by atoms with E-state index in [1.54, 1.807) is 0 Å². The van der Waals surface area contributed by atoms with Crippen LogP contribution in [0.15, 0.2) is 18.7 Å². The monoisotopic (exact) mass is 261 g/mol. The zero-order valence-electron chi connectivity index (χ0n) is 11.5. The van der Waals surface area contributed by atoms with Crippen LogP contribution in [0.1, 0.15) is 27.3 Å². The second-order valence-electron chi connectivity index (χ2n) is 4.29. The van der Waals surface area contributed by atoms with Gasteiger partial charge in [-0.25, -0.2) is 0 Å². The lowest BCUT2D eigenvalue weighted by atomic mass is 10.1. The van der Waals surface area contributed by atoms with Crippen LogP contribution >= 0.6 is 0 Å². The Balaban J connectivity index is 2.59. The van der Waals surface area contributed by atoms with Gasteiger partial charge in [0, 0.05) is 18.8 Å². The van der Waals surface area contributed by atoms with Crippen molar-refractivity contribution in [3.8, 4) is 0 Å². The smallest absolute Gasteiger partial charge is 0.253 e. The van der Waals surface area contributed by atoms with Crippen molar-refractivity contribution in [1.29, 1.82) is 0 Å². The number of carbonyl (C=O) groups is 2. The molecule has 0 spiro atoms. The van der Waals surface area contributed by atoms with E-state index >= 15 is 0 Å². The zero-order chi connectivity index (χ0) is 14.4. The van der Waals surface area contributed by atoms with E-state index in [9.17, 15) is 9.59 Å². The lowest BCUT2D eigenvalue weighted by Crippen LogP contribution is -2.34. The molecule has 0 aliphatic heterocycles. The summed E-state index contributed by atoms with van der Waals surface area (Å²) < 4.78 is 0. The summed E-state index contributed by atoms with van der Waals surface area (Å²) in [6, 6.07) is 1.88. The van der Waals surface area contributed by atoms with Crippen LogP contribution in [-0.2, 0) is 4.79 Å². The Morgan fingerprint density at radius 2 is 1.89 bits per heavy atom. The van der Waals surface area contributed by atoms with Crippen molar-refractivity contribution >= 4 is 11.8 Å². The van der Waals surface area contributed by atoms with Crippen molar-refractivity contribution in [3.63, 3.8) is 0 Å². The summed E-state index contributed by atoms with van der Waals surface area (Å²) in [4.78, 5) is 27.2. The third-order valence-corrected chi connectivity index (χ3v) is 2.65. The second-order valence-corrected chi connectivity index (χ2v) is 4.29. The molecular weight excluding hydrogens is 242 g/mol. The van der Waals surface area contributed by atoms with Crippen LogP contribution in [0.5, 0.6) is 0 Å². The molecule has 1 rings (SSSR count). The fraction of sp³-hybridized carbons (Fsp3) is 0.357. The fourth-order valence-electron chi connectivity index (χ4n) is 1.89. The maximum atomic E-state index is 12.0. The molecule has 0 fully saturated rings. The minimum absolute atomic E-state index is 0.171. The SMILES string of the molecule is C=CC(=O)NCCNC(=O)c1c(C)cc(C)nc1C. The number of nitrogens with zero attached hydrogens (tertiary/aromatic N) is 1. The number of hydrogen-bond donors (Lipinski definition) is 2. The molecule has 0 aromatic carbocycles. The summed E-state index contributed by atoms with van der Waals surface area (Å²) in [5, 5.41) is 5.34. The van der Waals surface area contributed by atoms with Gasteiger partial charge in [-0.3, -0.25) is 14.6 Å². The van der Waals surface area contributed by atoms with E-state index < -0.39 is 0 Å². The number of hydrogen-bond acceptors (Lipinski definition) is 3. The number of amides is 2. The van der Waals surface area contributed by atoms with Crippen LogP contribution in [0.25, 0.3) is 0 Å². The van der Waals surface area contributed by atoms with Crippen LogP contribution in [0, 0.1) is 20.8 Å². The summed E-state index contributed by atoms with van der Waals surface area (Å²) in [6.07, 6.45) is 1.19. The standard InChI is InChI=1S/C14H19N3O2/c1-5-12(18)15-6-7-16-14(19)13-9(2)8-10(3)17-11(13)4/h5,8H,1,6-7H2,2-4H3,(H,15,18)(H,16,19). The van der Waals surface area contributed by atoms with Crippen molar-refractivity contribution in [1.82, 2.24) is 15.6 Å². The summed E-state index contributed by atoms with van der Waals surface area (Å²) in [5.41, 5.74) is 3.10. The quantitative estimate of drug-likeness (QED) is 0.614. The van der Waals surface area contributed by atoms with Gasteiger partial charge in [-0.2, -0.15) is 0 Å². The largest absolute Gasteiger partial charge is 0.351 e. The Kier molecular flexibility index (Phi) is 5.23. The zero-order valence-corrected chi connectivity index (χ0v) is 11.5. The molecule has 5 nitrogen and oxygen atoms in total. The topological polar surface area (TPSA) is 71.1 Å². The first kappa shape index (κ1) is 14.9. The molecule has 102 valence electrons. The summed E-state index contributed by atoms with van der Waals surface area (Å²) in [5.74, 6) is -0.422. The predicted octanol–water partition coefficient (Wildman–Crippen LogP) is 1.04. The number of carbonyl (C=O) groups excluding carboxylic acids is 2. The molecule has 19 heavy (non-hydrogen) atoms. The van der Waals surface area contributed by atoms with E-state index in [-0.39, 0.29) is 11.8 Å². The first-order chi connectivity index (χ1) is 8.95. The number of aromatic nitrogens is 1. The third-order valence-electron chi connectivity index (χ3n) is 2.65. The van der Waals surface area contributed by atoms with Crippen molar-refractivity contribution in [2.45, 2.75) is 20.8 Å². The summed E-state index contributed by atoms with van der Waals surface area (Å²) >= 11 is 0. The Bertz CT molecular complexity index is 486. The molecule has 0 bridgehead atoms. The first-order valence-electron chi connectivity index (χ1n) is 6.09. The molecule has 1 aromatic heterocycles. The van der Waals surface area contributed by atoms with Gasteiger partial charge in [-0.05, 0) is 38.5 Å². The van der Waals surface area contributed by atoms with E-state index in [0.717, 1.165) is 11.3 Å². The van der Waals surface area contributed by atoms with Gasteiger partial charge in [-0.1, -0.05) is 6.58 Å². The Morgan fingerprint density at radius 3 is 2.47 bits per heavy atom. The lowest BCUT2D eigenvalue weighted by Gasteiger charge is -2.11. The van der Waals surface area contributed by atoms with Gasteiger partial charge in [0.25, 0.3) is 5.91 Å². The number of rotatable bonds is 5. The van der Waals surface area contributed by atoms with E-state index in [4.69, 9.17) is 0 Å². The van der Waals surface area contributed by atoms with Gasteiger partial charge < -0.3 is 10.6 Å². The van der Waals surface area contributed by atoms with Crippen LogP contribution in [0.4, 0.5) is 0 Å². The maximum absolute atomic E-state index is 12.0. The van der Waals surface area contributed by atoms with E-state index in [2.05, 4.69) is 22.2 Å². The third kappa shape index (κ3) is 4.21. The highest BCUT2D eigenvalue weighted by molar-refractivity contribution is 5.96. The Morgan fingerprint density at radius 1 is 1.26 bits per heavy atom. The molecule has 0 unspecified atom stereocenters. The molecular formula is C14H19N3O2. The molecule has 0 atom stereocenters. The van der Waals surface area contributed by atoms with Crippen LogP contribution < -0.4 is 10.6 Å². The average Bonchev–Trinajstić information content (AvgIpc) is 2.33. The van der Waals surface area contributed by atoms with Gasteiger partial charge in [0.05, 0.1) is 11.3 Å². The lowest BCUT2D eigenvalue weighted by molar-refractivity contribution is -0.116. The van der Waals surface area contributed by atoms with Crippen molar-refractivity contribution in [2.24, 2.45) is 0 Å². The van der Waals surface area contributed by atoms with Crippen LogP contribution in [-0.4, -0.2) is 29.9 Å². The molecule has 2 amide bonds. The second kappa shape index (κ2) is 6.68. The highest BCUT2D eigenvalue weighted by Gasteiger charge is 2.13. The number of nitrogens with one attached hydrogen (secondary N) is 2. The van der Waals surface area contributed by atoms with Crippen LogP contribution in [0.2, 0.25) is 0 Å². The van der Waals surface area contributed by atoms with Gasteiger partial charge in [0.2, 0.25) is 5.91 Å². The fourth-order valence-corrected chi connectivity index (χ4v) is 1.89. The molecule has 5 heteroatoms. The van der Waals surface area contributed by atoms with Gasteiger partial charge in [-0.15, -0.1) is 0 Å². The van der Waals surface area contributed by atoms with Gasteiger partial charge in [0.1, 0.15) is 0 Å². The van der Waals surface area contributed by atoms with Crippen molar-refractivity contribution < 1.29 is 9.59 Å². The van der Waals surface area contributed by atoms with Crippen molar-refractivity contribution in [2.75, 3.05) is 13.1 Å². The number of aryl methyl sites for hydroxylation is 3. The maximum Gasteiger partial charge on any atom is 0.253 e. The molecule has 0 aliphatic carbocycles. The minimum Gasteiger partial charge on any atom is -0.351 e. The number of pyridine rings is 1. The normalized spacial score (nSPS) is 9.84. The molecule has 0 saturated carbocycles. The predicted molar refractivity (Wildman–Crippen MR) is 74.0 cm³/mol. The molecule has 2 N–H and O–H groups in total. The minimum atomic E-state index is -0.251. The first-order valence-corrected chi connectivity index (χ1v) is 6.09. The molecule has 1 heterocycles. The van der Waals surface area contributed by atoms with E-state index in [0.29, 0.717) is 24.3 Å². The molecule has 0 saturated heterocycles. The Labute approximate surface area is 113 Å². The van der Waals surface area contributed by atoms with Gasteiger partial charge in [0.15, 0.2) is 0 Å². The van der Waals surface area contributed by atoms with E-state index in [1.165, 1.54) is 6.08 Å². The summed E-state index contributed by atoms with van der Waals surface area (Å²) in [6.45, 7) is 9.68. The molecule has 0 aliphatic rings. The summed E-state index contributed by atoms with van der Waals surface area (Å²) in [7, 11) is 0. The highest BCUT2D eigenvalue weighted by Crippen LogP contribution is 2.12.